The van der Waals surface area contributed by atoms with Crippen LogP contribution in [0.4, 0.5) is 0 Å². The van der Waals surface area contributed by atoms with Crippen LogP contribution in [0.25, 0.3) is 11.1 Å². The number of nitrogens with zero attached hydrogens (tertiary/aromatic N) is 1. The highest BCUT2D eigenvalue weighted by atomic mass is 15.1. The lowest BCUT2D eigenvalue weighted by molar-refractivity contribution is 0.138. The molecule has 2 fully saturated rings. The summed E-state index contributed by atoms with van der Waals surface area (Å²) < 4.78 is 0. The minimum atomic E-state index is 0.334. The van der Waals surface area contributed by atoms with Gasteiger partial charge in [-0.1, -0.05) is 138 Å². The Morgan fingerprint density at radius 3 is 2.02 bits per heavy atom. The minimum absolute atomic E-state index is 0.334. The number of rotatable bonds is 9. The van der Waals surface area contributed by atoms with Crippen molar-refractivity contribution in [2.75, 3.05) is 13.1 Å². The maximum Gasteiger partial charge on any atom is 0.0233 e. The van der Waals surface area contributed by atoms with Gasteiger partial charge in [-0.25, -0.2) is 0 Å². The average molecular weight is 544 g/mol. The van der Waals surface area contributed by atoms with Gasteiger partial charge in [0.05, 0.1) is 0 Å². The molecule has 4 rings (SSSR count). The lowest BCUT2D eigenvalue weighted by atomic mass is 9.75. The van der Waals surface area contributed by atoms with Crippen molar-refractivity contribution in [2.45, 2.75) is 125 Å². The molecular formula is C39H61N. The topological polar surface area (TPSA) is 3.24 Å². The molecule has 0 N–H and O–H groups in total. The standard InChI is InChI=1S/C23H29N.C11H20.C5H12/c1-18(2)23(4)12-14-24(15-13-23)17-20-6-5-7-22(16-20)21-10-8-19(3)9-11-21;1-10(2)8-9-11-6-4-3-5-7-11;1-3-5-4-2/h5-11,16H,1,12-15,17H2,2-4H3;11H,1,3-9H2,2H3;3-5H2,1-2H3. The molecule has 0 radical (unpaired) electrons. The molecule has 2 aliphatic rings. The Hall–Kier alpha value is -2.12. The molecule has 0 atom stereocenters. The van der Waals surface area contributed by atoms with E-state index in [4.69, 9.17) is 0 Å². The summed E-state index contributed by atoms with van der Waals surface area (Å²) in [4.78, 5) is 2.58. The van der Waals surface area contributed by atoms with Gasteiger partial charge in [0.25, 0.3) is 0 Å². The van der Waals surface area contributed by atoms with Gasteiger partial charge < -0.3 is 0 Å². The molecule has 1 heteroatoms. The predicted octanol–water partition coefficient (Wildman–Crippen LogP) is 12.0. The first-order valence-corrected chi connectivity index (χ1v) is 16.4. The summed E-state index contributed by atoms with van der Waals surface area (Å²) in [6.07, 6.45) is 16.6. The van der Waals surface area contributed by atoms with E-state index < -0.39 is 0 Å². The Labute approximate surface area is 249 Å². The Balaban J connectivity index is 0.000000290. The zero-order valence-electron chi connectivity index (χ0n) is 27.2. The fraction of sp³-hybridized carbons (Fsp3) is 0.590. The average Bonchev–Trinajstić information content (AvgIpc) is 2.95. The van der Waals surface area contributed by atoms with Crippen LogP contribution in [0, 0.1) is 18.3 Å². The third kappa shape index (κ3) is 12.6. The lowest BCUT2D eigenvalue weighted by Gasteiger charge is -2.40. The smallest absolute Gasteiger partial charge is 0.0233 e. The molecule has 0 unspecified atom stereocenters. The van der Waals surface area contributed by atoms with E-state index >= 15 is 0 Å². The van der Waals surface area contributed by atoms with Crippen molar-refractivity contribution in [1.29, 1.82) is 0 Å². The zero-order chi connectivity index (χ0) is 29.4. The Kier molecular flexibility index (Phi) is 15.6. The van der Waals surface area contributed by atoms with Gasteiger partial charge in [0.2, 0.25) is 0 Å². The van der Waals surface area contributed by atoms with Crippen molar-refractivity contribution in [3.8, 4) is 11.1 Å². The molecule has 0 amide bonds. The fourth-order valence-corrected chi connectivity index (χ4v) is 5.76. The molecule has 1 saturated carbocycles. The summed E-state index contributed by atoms with van der Waals surface area (Å²) in [5.41, 5.74) is 8.36. The summed E-state index contributed by atoms with van der Waals surface area (Å²) in [6, 6.07) is 17.8. The molecule has 2 aromatic carbocycles. The SMILES string of the molecule is C=C(C)C1(C)CCN(Cc2cccc(-c3ccc(C)cc3)c2)CC1.C=C(C)CCC1CCCCC1.CCCCC. The summed E-state index contributed by atoms with van der Waals surface area (Å²) >= 11 is 0. The maximum absolute atomic E-state index is 4.19. The van der Waals surface area contributed by atoms with E-state index in [1.165, 1.54) is 110 Å². The fourth-order valence-electron chi connectivity index (χ4n) is 5.76. The summed E-state index contributed by atoms with van der Waals surface area (Å²) in [5.74, 6) is 1.03. The van der Waals surface area contributed by atoms with E-state index in [0.29, 0.717) is 5.41 Å². The Morgan fingerprint density at radius 1 is 0.875 bits per heavy atom. The van der Waals surface area contributed by atoms with Crippen LogP contribution >= 0.6 is 0 Å². The molecule has 1 aliphatic heterocycles. The van der Waals surface area contributed by atoms with Crippen LogP contribution in [0.1, 0.15) is 123 Å². The van der Waals surface area contributed by atoms with Gasteiger partial charge in [-0.15, -0.1) is 6.58 Å². The second-order valence-corrected chi connectivity index (χ2v) is 13.0. The number of hydrogen-bond acceptors (Lipinski definition) is 1. The van der Waals surface area contributed by atoms with Crippen molar-refractivity contribution in [2.24, 2.45) is 11.3 Å². The molecular weight excluding hydrogens is 482 g/mol. The van der Waals surface area contributed by atoms with Crippen molar-refractivity contribution in [3.63, 3.8) is 0 Å². The Bertz CT molecular complexity index is 982. The van der Waals surface area contributed by atoms with Gasteiger partial charge in [-0.2, -0.15) is 0 Å². The highest BCUT2D eigenvalue weighted by molar-refractivity contribution is 5.64. The highest BCUT2D eigenvalue weighted by Crippen LogP contribution is 2.37. The van der Waals surface area contributed by atoms with Gasteiger partial charge in [-0.3, -0.25) is 4.90 Å². The van der Waals surface area contributed by atoms with Crippen LogP contribution < -0.4 is 0 Å². The number of likely N-dealkylation sites (tertiary alicyclic amines) is 1. The number of allylic oxidation sites excluding steroid dienone is 2. The molecule has 222 valence electrons. The number of hydrogen-bond donors (Lipinski definition) is 0. The van der Waals surface area contributed by atoms with Gasteiger partial charge >= 0.3 is 0 Å². The minimum Gasteiger partial charge on any atom is -0.299 e. The second kappa shape index (κ2) is 18.3. The van der Waals surface area contributed by atoms with E-state index in [-0.39, 0.29) is 0 Å². The largest absolute Gasteiger partial charge is 0.299 e. The molecule has 0 bridgehead atoms. The number of unbranched alkanes of at least 4 members (excludes halogenated alkanes) is 2. The number of piperidine rings is 1. The monoisotopic (exact) mass is 543 g/mol. The van der Waals surface area contributed by atoms with E-state index in [1.54, 1.807) is 0 Å². The van der Waals surface area contributed by atoms with Gasteiger partial charge in [-0.05, 0) is 93.6 Å². The molecule has 1 aliphatic carbocycles. The van der Waals surface area contributed by atoms with Crippen LogP contribution in [-0.4, -0.2) is 18.0 Å². The van der Waals surface area contributed by atoms with Crippen molar-refractivity contribution in [3.05, 3.63) is 84.0 Å². The first-order chi connectivity index (χ1) is 19.2. The third-order valence-corrected chi connectivity index (χ3v) is 9.12. The lowest BCUT2D eigenvalue weighted by Crippen LogP contribution is -2.38. The molecule has 2 aromatic rings. The van der Waals surface area contributed by atoms with Gasteiger partial charge in [0, 0.05) is 6.54 Å². The van der Waals surface area contributed by atoms with E-state index in [1.807, 2.05) is 0 Å². The van der Waals surface area contributed by atoms with Gasteiger partial charge in [0.15, 0.2) is 0 Å². The second-order valence-electron chi connectivity index (χ2n) is 13.0. The normalized spacial score (nSPS) is 17.1. The first-order valence-electron chi connectivity index (χ1n) is 16.4. The van der Waals surface area contributed by atoms with Crippen molar-refractivity contribution in [1.82, 2.24) is 4.90 Å². The van der Waals surface area contributed by atoms with E-state index in [9.17, 15) is 0 Å². The van der Waals surface area contributed by atoms with Crippen molar-refractivity contribution >= 4 is 0 Å². The summed E-state index contributed by atoms with van der Waals surface area (Å²) in [6.45, 7) is 24.8. The van der Waals surface area contributed by atoms with E-state index in [2.05, 4.69) is 108 Å². The number of aryl methyl sites for hydroxylation is 1. The molecule has 40 heavy (non-hydrogen) atoms. The third-order valence-electron chi connectivity index (χ3n) is 9.12. The van der Waals surface area contributed by atoms with Crippen LogP contribution in [0.15, 0.2) is 72.8 Å². The van der Waals surface area contributed by atoms with Crippen LogP contribution in [0.3, 0.4) is 0 Å². The summed E-state index contributed by atoms with van der Waals surface area (Å²) in [5, 5.41) is 0. The molecule has 0 aromatic heterocycles. The molecule has 1 nitrogen and oxygen atoms in total. The summed E-state index contributed by atoms with van der Waals surface area (Å²) in [7, 11) is 0. The van der Waals surface area contributed by atoms with Crippen LogP contribution in [0.5, 0.6) is 0 Å². The zero-order valence-corrected chi connectivity index (χ0v) is 27.2. The quantitative estimate of drug-likeness (QED) is 0.284. The van der Waals surface area contributed by atoms with E-state index in [0.717, 1.165) is 25.6 Å². The maximum atomic E-state index is 4.19. The Morgan fingerprint density at radius 2 is 1.50 bits per heavy atom. The predicted molar refractivity (Wildman–Crippen MR) is 180 cm³/mol. The van der Waals surface area contributed by atoms with Crippen LogP contribution in [0.2, 0.25) is 0 Å². The molecule has 0 spiro atoms. The van der Waals surface area contributed by atoms with Gasteiger partial charge in [0.1, 0.15) is 0 Å². The number of benzene rings is 2. The van der Waals surface area contributed by atoms with Crippen LogP contribution in [-0.2, 0) is 6.54 Å². The first kappa shape index (κ1) is 34.1. The highest BCUT2D eigenvalue weighted by Gasteiger charge is 2.30. The molecule has 1 heterocycles. The van der Waals surface area contributed by atoms with Crippen molar-refractivity contribution < 1.29 is 0 Å². The molecule has 1 saturated heterocycles.